The first-order valence-electron chi connectivity index (χ1n) is 10.2. The Kier molecular flexibility index (Phi) is 7.02. The lowest BCUT2D eigenvalue weighted by Gasteiger charge is -2.23. The van der Waals surface area contributed by atoms with Gasteiger partial charge >= 0.3 is 0 Å². The molecule has 0 radical (unpaired) electrons. The zero-order chi connectivity index (χ0) is 23.4. The monoisotopic (exact) mass is 483 g/mol. The van der Waals surface area contributed by atoms with Gasteiger partial charge in [0.15, 0.2) is 0 Å². The van der Waals surface area contributed by atoms with Gasteiger partial charge in [-0.3, -0.25) is 4.79 Å². The number of hydrogen-bond donors (Lipinski definition) is 0. The standard InChI is InChI=1S/C26H20Cl2FNO3/c1-17-7-12-23(29)24(25(17)28)26(31)30(16-22-6-3-13-32-22)15-18-4-2-5-21(14-18)33-20-10-8-19(27)9-11-20/h2-14H,15-16H2,1H3. The van der Waals surface area contributed by atoms with Crippen LogP contribution in [0.3, 0.4) is 0 Å². The molecule has 1 aromatic heterocycles. The molecule has 0 aliphatic carbocycles. The number of aryl methyl sites for hydroxylation is 1. The van der Waals surface area contributed by atoms with Gasteiger partial charge in [0.25, 0.3) is 5.91 Å². The first kappa shape index (κ1) is 22.9. The molecule has 1 heterocycles. The summed E-state index contributed by atoms with van der Waals surface area (Å²) < 4.78 is 25.9. The molecule has 3 aromatic carbocycles. The highest BCUT2D eigenvalue weighted by molar-refractivity contribution is 6.34. The molecule has 0 bridgehead atoms. The van der Waals surface area contributed by atoms with Crippen LogP contribution in [0, 0.1) is 12.7 Å². The minimum atomic E-state index is -0.667. The molecular formula is C26H20Cl2FNO3. The van der Waals surface area contributed by atoms with E-state index in [0.29, 0.717) is 27.8 Å². The Morgan fingerprint density at radius 2 is 1.76 bits per heavy atom. The van der Waals surface area contributed by atoms with Gasteiger partial charge in [-0.25, -0.2) is 4.39 Å². The van der Waals surface area contributed by atoms with Gasteiger partial charge in [-0.2, -0.15) is 0 Å². The Morgan fingerprint density at radius 1 is 0.970 bits per heavy atom. The van der Waals surface area contributed by atoms with Crippen molar-refractivity contribution in [1.29, 1.82) is 0 Å². The largest absolute Gasteiger partial charge is 0.467 e. The maximum Gasteiger partial charge on any atom is 0.259 e. The highest BCUT2D eigenvalue weighted by atomic mass is 35.5. The maximum atomic E-state index is 14.6. The summed E-state index contributed by atoms with van der Waals surface area (Å²) in [7, 11) is 0. The van der Waals surface area contributed by atoms with Gasteiger partial charge < -0.3 is 14.1 Å². The van der Waals surface area contributed by atoms with Gasteiger partial charge in [0, 0.05) is 11.6 Å². The number of halogens is 3. The van der Waals surface area contributed by atoms with Crippen LogP contribution in [0.4, 0.5) is 4.39 Å². The number of benzene rings is 3. The van der Waals surface area contributed by atoms with Crippen LogP contribution in [0.25, 0.3) is 0 Å². The summed E-state index contributed by atoms with van der Waals surface area (Å²) in [5, 5.41) is 0.717. The van der Waals surface area contributed by atoms with Crippen molar-refractivity contribution in [2.75, 3.05) is 0 Å². The molecular weight excluding hydrogens is 464 g/mol. The second kappa shape index (κ2) is 10.1. The predicted octanol–water partition coefficient (Wildman–Crippen LogP) is 7.67. The number of carbonyl (C=O) groups excluding carboxylic acids is 1. The van der Waals surface area contributed by atoms with Gasteiger partial charge in [0.2, 0.25) is 0 Å². The molecule has 4 rings (SSSR count). The van der Waals surface area contributed by atoms with Crippen LogP contribution in [-0.4, -0.2) is 10.8 Å². The van der Waals surface area contributed by atoms with Crippen molar-refractivity contribution in [2.45, 2.75) is 20.0 Å². The van der Waals surface area contributed by atoms with E-state index in [2.05, 4.69) is 0 Å². The van der Waals surface area contributed by atoms with Crippen molar-refractivity contribution in [1.82, 2.24) is 4.90 Å². The van der Waals surface area contributed by atoms with Crippen LogP contribution in [0.15, 0.2) is 83.5 Å². The zero-order valence-corrected chi connectivity index (χ0v) is 19.2. The summed E-state index contributed by atoms with van der Waals surface area (Å²) >= 11 is 12.2. The molecule has 0 aliphatic rings. The molecule has 33 heavy (non-hydrogen) atoms. The van der Waals surface area contributed by atoms with Crippen molar-refractivity contribution in [2.24, 2.45) is 0 Å². The van der Waals surface area contributed by atoms with E-state index < -0.39 is 11.7 Å². The van der Waals surface area contributed by atoms with Crippen molar-refractivity contribution in [3.05, 3.63) is 117 Å². The SMILES string of the molecule is Cc1ccc(F)c(C(=O)N(Cc2cccc(Oc3ccc(Cl)cc3)c2)Cc2ccco2)c1Cl. The van der Waals surface area contributed by atoms with Gasteiger partial charge in [0.05, 0.1) is 23.4 Å². The lowest BCUT2D eigenvalue weighted by Crippen LogP contribution is -2.31. The van der Waals surface area contributed by atoms with Crippen LogP contribution in [-0.2, 0) is 13.1 Å². The summed E-state index contributed by atoms with van der Waals surface area (Å²) in [5.41, 5.74) is 1.26. The fourth-order valence-corrected chi connectivity index (χ4v) is 3.73. The molecule has 7 heteroatoms. The van der Waals surface area contributed by atoms with E-state index in [0.717, 1.165) is 5.56 Å². The van der Waals surface area contributed by atoms with Gasteiger partial charge in [-0.1, -0.05) is 41.4 Å². The third-order valence-electron chi connectivity index (χ3n) is 5.03. The summed E-state index contributed by atoms with van der Waals surface area (Å²) in [5.74, 6) is 0.608. The number of rotatable bonds is 7. The van der Waals surface area contributed by atoms with E-state index in [1.165, 1.54) is 17.2 Å². The molecule has 4 aromatic rings. The van der Waals surface area contributed by atoms with Gasteiger partial charge in [-0.15, -0.1) is 0 Å². The van der Waals surface area contributed by atoms with Gasteiger partial charge in [-0.05, 0) is 72.6 Å². The highest BCUT2D eigenvalue weighted by Gasteiger charge is 2.24. The van der Waals surface area contributed by atoms with Crippen molar-refractivity contribution >= 4 is 29.1 Å². The molecule has 1 amide bonds. The molecule has 168 valence electrons. The third-order valence-corrected chi connectivity index (χ3v) is 5.77. The van der Waals surface area contributed by atoms with Crippen LogP contribution >= 0.6 is 23.2 Å². The average molecular weight is 484 g/mol. The van der Waals surface area contributed by atoms with E-state index in [-0.39, 0.29) is 23.7 Å². The second-order valence-corrected chi connectivity index (χ2v) is 8.31. The molecule has 0 spiro atoms. The number of nitrogens with zero attached hydrogens (tertiary/aromatic N) is 1. The number of carbonyl (C=O) groups is 1. The molecule has 0 saturated carbocycles. The minimum Gasteiger partial charge on any atom is -0.467 e. The Morgan fingerprint density at radius 3 is 2.48 bits per heavy atom. The highest BCUT2D eigenvalue weighted by Crippen LogP contribution is 2.28. The number of ether oxygens (including phenoxy) is 1. The smallest absolute Gasteiger partial charge is 0.259 e. The van der Waals surface area contributed by atoms with Crippen LogP contribution in [0.2, 0.25) is 10.0 Å². The molecule has 0 atom stereocenters. The summed E-state index contributed by atoms with van der Waals surface area (Å²) in [4.78, 5) is 14.9. The van der Waals surface area contributed by atoms with E-state index in [4.69, 9.17) is 32.4 Å². The fourth-order valence-electron chi connectivity index (χ4n) is 3.37. The van der Waals surface area contributed by atoms with Crippen molar-refractivity contribution in [3.63, 3.8) is 0 Å². The van der Waals surface area contributed by atoms with E-state index >= 15 is 0 Å². The van der Waals surface area contributed by atoms with Crippen LogP contribution in [0.5, 0.6) is 11.5 Å². The molecule has 4 nitrogen and oxygen atoms in total. The Balaban J connectivity index is 1.62. The Labute approximate surface area is 201 Å². The quantitative estimate of drug-likeness (QED) is 0.270. The maximum absolute atomic E-state index is 14.6. The molecule has 0 unspecified atom stereocenters. The minimum absolute atomic E-state index is 0.101. The molecule has 0 saturated heterocycles. The molecule has 0 N–H and O–H groups in total. The van der Waals surface area contributed by atoms with Crippen LogP contribution < -0.4 is 4.74 Å². The van der Waals surface area contributed by atoms with E-state index in [9.17, 15) is 9.18 Å². The lowest BCUT2D eigenvalue weighted by molar-refractivity contribution is 0.0713. The molecule has 0 aliphatic heterocycles. The first-order valence-corrected chi connectivity index (χ1v) is 10.9. The van der Waals surface area contributed by atoms with Crippen molar-refractivity contribution < 1.29 is 18.3 Å². The molecule has 0 fully saturated rings. The Hall–Kier alpha value is -3.28. The summed E-state index contributed by atoms with van der Waals surface area (Å²) in [6.45, 7) is 2.08. The second-order valence-electron chi connectivity index (χ2n) is 7.50. The van der Waals surface area contributed by atoms with E-state index in [1.54, 1.807) is 49.4 Å². The summed E-state index contributed by atoms with van der Waals surface area (Å²) in [6, 6.07) is 20.6. The number of amides is 1. The predicted molar refractivity (Wildman–Crippen MR) is 126 cm³/mol. The third kappa shape index (κ3) is 5.56. The van der Waals surface area contributed by atoms with Gasteiger partial charge in [0.1, 0.15) is 23.1 Å². The Bertz CT molecular complexity index is 1260. The fraction of sp³-hybridized carbons (Fsp3) is 0.115. The topological polar surface area (TPSA) is 42.7 Å². The first-order chi connectivity index (χ1) is 15.9. The normalized spacial score (nSPS) is 10.8. The summed E-state index contributed by atoms with van der Waals surface area (Å²) in [6.07, 6.45) is 1.53. The van der Waals surface area contributed by atoms with Crippen LogP contribution in [0.1, 0.15) is 27.2 Å². The number of hydrogen-bond acceptors (Lipinski definition) is 3. The average Bonchev–Trinajstić information content (AvgIpc) is 3.31. The zero-order valence-electron chi connectivity index (χ0n) is 17.7. The van der Waals surface area contributed by atoms with E-state index in [1.807, 2.05) is 24.3 Å². The van der Waals surface area contributed by atoms with Crippen molar-refractivity contribution in [3.8, 4) is 11.5 Å². The number of furan rings is 1. The lowest BCUT2D eigenvalue weighted by atomic mass is 10.1.